The molecule has 0 bridgehead atoms. The van der Waals surface area contributed by atoms with E-state index >= 15 is 0 Å². The fourth-order valence-electron chi connectivity index (χ4n) is 2.81. The maximum Gasteiger partial charge on any atom is 0.0244 e. The van der Waals surface area contributed by atoms with E-state index in [0.29, 0.717) is 12.0 Å². The lowest BCUT2D eigenvalue weighted by atomic mass is 9.90. The molecule has 0 saturated heterocycles. The van der Waals surface area contributed by atoms with Crippen molar-refractivity contribution in [3.8, 4) is 0 Å². The van der Waals surface area contributed by atoms with Crippen LogP contribution in [0.5, 0.6) is 0 Å². The van der Waals surface area contributed by atoms with E-state index in [2.05, 4.69) is 39.5 Å². The summed E-state index contributed by atoms with van der Waals surface area (Å²) in [6, 6.07) is 0.575. The van der Waals surface area contributed by atoms with Crippen LogP contribution in [0, 0.1) is 11.8 Å². The molecule has 0 amide bonds. The van der Waals surface area contributed by atoms with Gasteiger partial charge in [-0.3, -0.25) is 4.90 Å². The highest BCUT2D eigenvalue weighted by Crippen LogP contribution is 2.20. The fourth-order valence-corrected chi connectivity index (χ4v) is 2.81. The second kappa shape index (κ2) is 10.8. The van der Waals surface area contributed by atoms with Crippen molar-refractivity contribution in [2.24, 2.45) is 17.6 Å². The molecule has 0 radical (unpaired) electrons. The molecule has 0 fully saturated rings. The molecule has 0 aliphatic heterocycles. The van der Waals surface area contributed by atoms with E-state index in [4.69, 9.17) is 5.73 Å². The van der Waals surface area contributed by atoms with Gasteiger partial charge in [-0.2, -0.15) is 0 Å². The molecule has 0 spiro atoms. The number of nitrogens with two attached hydrogens (primary N) is 1. The highest BCUT2D eigenvalue weighted by Gasteiger charge is 2.23. The van der Waals surface area contributed by atoms with Crippen LogP contribution in [0.4, 0.5) is 0 Å². The number of nitrogens with zero attached hydrogens (tertiary/aromatic N) is 1. The average molecular weight is 256 g/mol. The predicted molar refractivity (Wildman–Crippen MR) is 82.9 cm³/mol. The Kier molecular flexibility index (Phi) is 10.8. The third-order valence-electron chi connectivity index (χ3n) is 3.81. The highest BCUT2D eigenvalue weighted by atomic mass is 15.2. The van der Waals surface area contributed by atoms with Gasteiger partial charge in [0.25, 0.3) is 0 Å². The van der Waals surface area contributed by atoms with Crippen molar-refractivity contribution in [1.29, 1.82) is 0 Å². The van der Waals surface area contributed by atoms with Crippen LogP contribution in [0.15, 0.2) is 0 Å². The van der Waals surface area contributed by atoms with Gasteiger partial charge in [-0.05, 0) is 44.2 Å². The zero-order chi connectivity index (χ0) is 14.0. The quantitative estimate of drug-likeness (QED) is 0.607. The van der Waals surface area contributed by atoms with E-state index in [0.717, 1.165) is 12.5 Å². The Bertz CT molecular complexity index is 172. The molecule has 2 N–H and O–H groups in total. The first-order chi connectivity index (χ1) is 8.56. The summed E-state index contributed by atoms with van der Waals surface area (Å²) in [5.74, 6) is 1.48. The van der Waals surface area contributed by atoms with Crippen LogP contribution in [-0.4, -0.2) is 30.6 Å². The summed E-state index contributed by atoms with van der Waals surface area (Å²) >= 11 is 0. The van der Waals surface area contributed by atoms with Gasteiger partial charge in [0, 0.05) is 12.6 Å². The molecule has 0 heterocycles. The summed E-state index contributed by atoms with van der Waals surface area (Å²) in [5, 5.41) is 0. The first-order valence-corrected chi connectivity index (χ1v) is 8.00. The molecular weight excluding hydrogens is 220 g/mol. The van der Waals surface area contributed by atoms with Gasteiger partial charge in [0.2, 0.25) is 0 Å². The largest absolute Gasteiger partial charge is 0.329 e. The molecule has 2 atom stereocenters. The van der Waals surface area contributed by atoms with Gasteiger partial charge < -0.3 is 5.73 Å². The van der Waals surface area contributed by atoms with E-state index in [1.807, 2.05) is 0 Å². The molecule has 0 aliphatic rings. The smallest absolute Gasteiger partial charge is 0.0244 e. The second-order valence-electron chi connectivity index (χ2n) is 6.15. The van der Waals surface area contributed by atoms with Crippen LogP contribution in [0.3, 0.4) is 0 Å². The van der Waals surface area contributed by atoms with Gasteiger partial charge in [0.15, 0.2) is 0 Å². The zero-order valence-corrected chi connectivity index (χ0v) is 13.4. The normalized spacial score (nSPS) is 15.3. The molecule has 0 rings (SSSR count). The molecular formula is C16H36N2. The van der Waals surface area contributed by atoms with Crippen LogP contribution in [0.25, 0.3) is 0 Å². The molecule has 0 aromatic carbocycles. The van der Waals surface area contributed by atoms with Crippen molar-refractivity contribution in [1.82, 2.24) is 4.90 Å². The van der Waals surface area contributed by atoms with Crippen LogP contribution in [-0.2, 0) is 0 Å². The Hall–Kier alpha value is -0.0800. The van der Waals surface area contributed by atoms with Gasteiger partial charge in [-0.1, -0.05) is 47.5 Å². The van der Waals surface area contributed by atoms with Crippen molar-refractivity contribution in [2.45, 2.75) is 72.8 Å². The fraction of sp³-hybridized carbons (Fsp3) is 1.00. The van der Waals surface area contributed by atoms with Gasteiger partial charge in [0.1, 0.15) is 0 Å². The summed E-state index contributed by atoms with van der Waals surface area (Å²) in [6.45, 7) is 14.8. The monoisotopic (exact) mass is 256 g/mol. The minimum Gasteiger partial charge on any atom is -0.329 e. The molecule has 0 saturated carbocycles. The Morgan fingerprint density at radius 1 is 0.944 bits per heavy atom. The summed E-state index contributed by atoms with van der Waals surface area (Å²) in [6.07, 6.45) is 6.44. The van der Waals surface area contributed by atoms with Crippen LogP contribution in [0.1, 0.15) is 66.7 Å². The molecule has 0 aromatic rings. The molecule has 2 unspecified atom stereocenters. The molecule has 2 heteroatoms. The van der Waals surface area contributed by atoms with Crippen molar-refractivity contribution < 1.29 is 0 Å². The highest BCUT2D eigenvalue weighted by molar-refractivity contribution is 4.78. The van der Waals surface area contributed by atoms with Crippen LogP contribution >= 0.6 is 0 Å². The van der Waals surface area contributed by atoms with Gasteiger partial charge in [-0.25, -0.2) is 0 Å². The molecule has 0 aromatic heterocycles. The van der Waals surface area contributed by atoms with Gasteiger partial charge in [0.05, 0.1) is 0 Å². The number of unbranched alkanes of at least 4 members (excludes halogenated alkanes) is 2. The van der Waals surface area contributed by atoms with Crippen molar-refractivity contribution in [2.75, 3.05) is 19.6 Å². The lowest BCUT2D eigenvalue weighted by Crippen LogP contribution is -2.46. The Balaban J connectivity index is 4.45. The summed E-state index contributed by atoms with van der Waals surface area (Å²) in [7, 11) is 0. The van der Waals surface area contributed by atoms with E-state index in [1.54, 1.807) is 0 Å². The van der Waals surface area contributed by atoms with Crippen LogP contribution in [0.2, 0.25) is 0 Å². The van der Waals surface area contributed by atoms with E-state index in [1.165, 1.54) is 45.2 Å². The van der Waals surface area contributed by atoms with Crippen LogP contribution < -0.4 is 5.73 Å². The van der Waals surface area contributed by atoms with E-state index in [-0.39, 0.29) is 0 Å². The lowest BCUT2D eigenvalue weighted by Gasteiger charge is -2.36. The average Bonchev–Trinajstić information content (AvgIpc) is 2.31. The number of rotatable bonds is 11. The predicted octanol–water partition coefficient (Wildman–Crippen LogP) is 3.90. The second-order valence-corrected chi connectivity index (χ2v) is 6.15. The molecule has 110 valence electrons. The summed E-state index contributed by atoms with van der Waals surface area (Å²) < 4.78 is 0. The Morgan fingerprint density at radius 2 is 1.44 bits per heavy atom. The molecule has 18 heavy (non-hydrogen) atoms. The number of hydrogen-bond donors (Lipinski definition) is 1. The standard InChI is InChI=1S/C16H36N2/c1-6-8-10-18(11-9-7-2)16(13-17)15(5)12-14(3)4/h14-16H,6-13,17H2,1-5H3. The summed E-state index contributed by atoms with van der Waals surface area (Å²) in [4.78, 5) is 2.65. The lowest BCUT2D eigenvalue weighted by molar-refractivity contribution is 0.136. The van der Waals surface area contributed by atoms with Crippen molar-refractivity contribution >= 4 is 0 Å². The summed E-state index contributed by atoms with van der Waals surface area (Å²) in [5.41, 5.74) is 6.05. The molecule has 0 aliphatic carbocycles. The van der Waals surface area contributed by atoms with Gasteiger partial charge in [-0.15, -0.1) is 0 Å². The van der Waals surface area contributed by atoms with Crippen molar-refractivity contribution in [3.63, 3.8) is 0 Å². The minimum absolute atomic E-state index is 0.575. The first kappa shape index (κ1) is 17.9. The third kappa shape index (κ3) is 7.38. The number of hydrogen-bond acceptors (Lipinski definition) is 2. The minimum atomic E-state index is 0.575. The Labute approximate surface area is 115 Å². The third-order valence-corrected chi connectivity index (χ3v) is 3.81. The SMILES string of the molecule is CCCCN(CCCC)C(CN)C(C)CC(C)C. The van der Waals surface area contributed by atoms with E-state index in [9.17, 15) is 0 Å². The Morgan fingerprint density at radius 3 is 1.78 bits per heavy atom. The van der Waals surface area contributed by atoms with E-state index < -0.39 is 0 Å². The van der Waals surface area contributed by atoms with Gasteiger partial charge >= 0.3 is 0 Å². The maximum absolute atomic E-state index is 6.05. The molecule has 2 nitrogen and oxygen atoms in total. The topological polar surface area (TPSA) is 29.3 Å². The van der Waals surface area contributed by atoms with Crippen molar-refractivity contribution in [3.05, 3.63) is 0 Å². The zero-order valence-electron chi connectivity index (χ0n) is 13.4. The first-order valence-electron chi connectivity index (χ1n) is 8.00. The maximum atomic E-state index is 6.05.